The van der Waals surface area contributed by atoms with Crippen LogP contribution in [0.15, 0.2) is 12.7 Å². The number of hydrogen-bond donors (Lipinski definition) is 0. The SMILES string of the molecule is C=CCC(CBr)(C(=O)OCC)C(=O)OCC. The molecule has 0 aliphatic rings. The number of carbonyl (C=O) groups excluding carboxylic acids is 2. The quantitative estimate of drug-likeness (QED) is 0.312. The second-order valence-electron chi connectivity index (χ2n) is 3.15. The number of esters is 2. The minimum absolute atomic E-state index is 0.156. The summed E-state index contributed by atoms with van der Waals surface area (Å²) in [5.41, 5.74) is -1.31. The van der Waals surface area contributed by atoms with Crippen molar-refractivity contribution in [1.29, 1.82) is 0 Å². The Labute approximate surface area is 104 Å². The lowest BCUT2D eigenvalue weighted by Gasteiger charge is -2.25. The van der Waals surface area contributed by atoms with Crippen LogP contribution in [0.3, 0.4) is 0 Å². The molecule has 0 bridgehead atoms. The maximum atomic E-state index is 11.8. The van der Waals surface area contributed by atoms with E-state index in [9.17, 15) is 9.59 Å². The molecule has 0 amide bonds. The Bertz CT molecular complexity index is 245. The Morgan fingerprint density at radius 1 is 1.25 bits per heavy atom. The van der Waals surface area contributed by atoms with Gasteiger partial charge in [0.25, 0.3) is 0 Å². The van der Waals surface area contributed by atoms with Crippen molar-refractivity contribution >= 4 is 27.9 Å². The van der Waals surface area contributed by atoms with Gasteiger partial charge < -0.3 is 9.47 Å². The lowest BCUT2D eigenvalue weighted by atomic mass is 9.87. The molecular formula is C11H17BrO4. The Balaban J connectivity index is 5.04. The van der Waals surface area contributed by atoms with Crippen LogP contribution >= 0.6 is 15.9 Å². The van der Waals surface area contributed by atoms with E-state index < -0.39 is 17.4 Å². The third-order valence-corrected chi connectivity index (χ3v) is 3.01. The minimum atomic E-state index is -1.31. The largest absolute Gasteiger partial charge is 0.465 e. The van der Waals surface area contributed by atoms with Crippen molar-refractivity contribution in [2.75, 3.05) is 18.5 Å². The molecule has 0 unspecified atom stereocenters. The minimum Gasteiger partial charge on any atom is -0.465 e. The monoisotopic (exact) mass is 292 g/mol. The van der Waals surface area contributed by atoms with Crippen molar-refractivity contribution in [2.24, 2.45) is 5.41 Å². The molecule has 0 saturated carbocycles. The van der Waals surface area contributed by atoms with E-state index in [1.165, 1.54) is 6.08 Å². The zero-order chi connectivity index (χ0) is 12.6. The molecule has 0 spiro atoms. The van der Waals surface area contributed by atoms with Gasteiger partial charge in [-0.1, -0.05) is 22.0 Å². The van der Waals surface area contributed by atoms with Crippen LogP contribution in [0.2, 0.25) is 0 Å². The summed E-state index contributed by atoms with van der Waals surface area (Å²) in [4.78, 5) is 23.6. The van der Waals surface area contributed by atoms with E-state index in [4.69, 9.17) is 9.47 Å². The molecule has 0 aromatic heterocycles. The van der Waals surface area contributed by atoms with Crippen LogP contribution in [-0.2, 0) is 19.1 Å². The molecule has 0 aromatic rings. The maximum Gasteiger partial charge on any atom is 0.324 e. The zero-order valence-corrected chi connectivity index (χ0v) is 11.2. The van der Waals surface area contributed by atoms with Gasteiger partial charge in [-0.3, -0.25) is 9.59 Å². The summed E-state index contributed by atoms with van der Waals surface area (Å²) >= 11 is 3.17. The van der Waals surface area contributed by atoms with Crippen LogP contribution in [-0.4, -0.2) is 30.5 Å². The Morgan fingerprint density at radius 2 is 1.69 bits per heavy atom. The summed E-state index contributed by atoms with van der Waals surface area (Å²) in [6.45, 7) is 7.38. The molecule has 0 rings (SSSR count). The molecular weight excluding hydrogens is 276 g/mol. The van der Waals surface area contributed by atoms with E-state index in [0.717, 1.165) is 0 Å². The average molecular weight is 293 g/mol. The van der Waals surface area contributed by atoms with Crippen molar-refractivity contribution in [3.8, 4) is 0 Å². The Kier molecular flexibility index (Phi) is 7.05. The smallest absolute Gasteiger partial charge is 0.324 e. The molecule has 0 radical (unpaired) electrons. The van der Waals surface area contributed by atoms with Gasteiger partial charge in [-0.15, -0.1) is 6.58 Å². The summed E-state index contributed by atoms with van der Waals surface area (Å²) in [7, 11) is 0. The first kappa shape index (κ1) is 15.2. The molecule has 0 aliphatic heterocycles. The summed E-state index contributed by atoms with van der Waals surface area (Å²) in [5.74, 6) is -1.16. The molecule has 0 heterocycles. The number of allylic oxidation sites excluding steroid dienone is 1. The number of hydrogen-bond acceptors (Lipinski definition) is 4. The molecule has 0 saturated heterocycles. The van der Waals surface area contributed by atoms with E-state index in [2.05, 4.69) is 22.5 Å². The summed E-state index contributed by atoms with van der Waals surface area (Å²) in [5, 5.41) is 0.156. The number of rotatable bonds is 7. The third-order valence-electron chi connectivity index (χ3n) is 2.05. The van der Waals surface area contributed by atoms with E-state index >= 15 is 0 Å². The molecule has 16 heavy (non-hydrogen) atoms. The summed E-state index contributed by atoms with van der Waals surface area (Å²) < 4.78 is 9.80. The highest BCUT2D eigenvalue weighted by Crippen LogP contribution is 2.29. The van der Waals surface area contributed by atoms with E-state index in [-0.39, 0.29) is 25.0 Å². The third kappa shape index (κ3) is 3.33. The lowest BCUT2D eigenvalue weighted by Crippen LogP contribution is -2.43. The first-order valence-corrected chi connectivity index (χ1v) is 6.22. The van der Waals surface area contributed by atoms with Gasteiger partial charge >= 0.3 is 11.9 Å². The number of alkyl halides is 1. The molecule has 0 N–H and O–H groups in total. The normalized spacial score (nSPS) is 10.7. The van der Waals surface area contributed by atoms with E-state index in [1.807, 2.05) is 0 Å². The molecule has 0 aliphatic carbocycles. The fourth-order valence-electron chi connectivity index (χ4n) is 1.20. The van der Waals surface area contributed by atoms with Crippen LogP contribution in [0.4, 0.5) is 0 Å². The van der Waals surface area contributed by atoms with Crippen molar-refractivity contribution in [3.63, 3.8) is 0 Å². The highest BCUT2D eigenvalue weighted by atomic mass is 79.9. The van der Waals surface area contributed by atoms with Crippen molar-refractivity contribution < 1.29 is 19.1 Å². The van der Waals surface area contributed by atoms with E-state index in [0.29, 0.717) is 0 Å². The Hall–Kier alpha value is -0.840. The lowest BCUT2D eigenvalue weighted by molar-refractivity contribution is -0.169. The molecule has 5 heteroatoms. The van der Waals surface area contributed by atoms with Crippen molar-refractivity contribution in [3.05, 3.63) is 12.7 Å². The van der Waals surface area contributed by atoms with Gasteiger partial charge in [-0.2, -0.15) is 0 Å². The predicted molar refractivity (Wildman–Crippen MR) is 64.3 cm³/mol. The molecule has 4 nitrogen and oxygen atoms in total. The number of ether oxygens (including phenoxy) is 2. The van der Waals surface area contributed by atoms with Gasteiger partial charge in [0, 0.05) is 5.33 Å². The predicted octanol–water partition coefficient (Wildman–Crippen LogP) is 2.07. The fourth-order valence-corrected chi connectivity index (χ4v) is 1.89. The van der Waals surface area contributed by atoms with Gasteiger partial charge in [0.2, 0.25) is 0 Å². The standard InChI is InChI=1S/C11H17BrO4/c1-4-7-11(8-12,9(13)15-5-2)10(14)16-6-3/h4H,1,5-8H2,2-3H3. The molecule has 0 atom stereocenters. The van der Waals surface area contributed by atoms with Crippen molar-refractivity contribution in [2.45, 2.75) is 20.3 Å². The van der Waals surface area contributed by atoms with Gasteiger partial charge in [0.05, 0.1) is 13.2 Å². The van der Waals surface area contributed by atoms with Gasteiger partial charge in [0.1, 0.15) is 0 Å². The molecule has 0 aromatic carbocycles. The fraction of sp³-hybridized carbons (Fsp3) is 0.636. The topological polar surface area (TPSA) is 52.6 Å². The molecule has 92 valence electrons. The van der Waals surface area contributed by atoms with Crippen LogP contribution in [0, 0.1) is 5.41 Å². The maximum absolute atomic E-state index is 11.8. The van der Waals surface area contributed by atoms with Crippen LogP contribution in [0.5, 0.6) is 0 Å². The first-order valence-electron chi connectivity index (χ1n) is 5.10. The van der Waals surface area contributed by atoms with Gasteiger partial charge in [-0.25, -0.2) is 0 Å². The van der Waals surface area contributed by atoms with E-state index in [1.54, 1.807) is 13.8 Å². The zero-order valence-electron chi connectivity index (χ0n) is 9.62. The van der Waals surface area contributed by atoms with Gasteiger partial charge in [0.15, 0.2) is 5.41 Å². The van der Waals surface area contributed by atoms with Gasteiger partial charge in [-0.05, 0) is 20.3 Å². The number of carbonyl (C=O) groups is 2. The second kappa shape index (κ2) is 7.44. The van der Waals surface area contributed by atoms with Crippen molar-refractivity contribution in [1.82, 2.24) is 0 Å². The van der Waals surface area contributed by atoms with Crippen LogP contribution in [0.25, 0.3) is 0 Å². The number of halogens is 1. The highest BCUT2D eigenvalue weighted by Gasteiger charge is 2.47. The highest BCUT2D eigenvalue weighted by molar-refractivity contribution is 9.09. The molecule has 0 fully saturated rings. The summed E-state index contributed by atoms with van der Waals surface area (Å²) in [6.07, 6.45) is 1.70. The van der Waals surface area contributed by atoms with Crippen LogP contribution < -0.4 is 0 Å². The Morgan fingerprint density at radius 3 is 1.94 bits per heavy atom. The summed E-state index contributed by atoms with van der Waals surface area (Å²) in [6, 6.07) is 0. The first-order chi connectivity index (χ1) is 7.58. The van der Waals surface area contributed by atoms with Crippen LogP contribution in [0.1, 0.15) is 20.3 Å². The second-order valence-corrected chi connectivity index (χ2v) is 3.71. The average Bonchev–Trinajstić information content (AvgIpc) is 2.26.